The third-order valence-electron chi connectivity index (χ3n) is 2.83. The van der Waals surface area contributed by atoms with Crippen molar-refractivity contribution in [2.24, 2.45) is 10.9 Å². The Balaban J connectivity index is 2.10. The second-order valence-electron chi connectivity index (χ2n) is 4.16. The molecule has 1 heterocycles. The Morgan fingerprint density at radius 1 is 1.56 bits per heavy atom. The number of methoxy groups -OCH3 is 1. The van der Waals surface area contributed by atoms with Gasteiger partial charge in [-0.25, -0.2) is 9.97 Å². The molecule has 1 aromatic rings. The molecule has 98 valence electrons. The van der Waals surface area contributed by atoms with Crippen LogP contribution in [0.1, 0.15) is 18.5 Å². The van der Waals surface area contributed by atoms with Gasteiger partial charge in [-0.05, 0) is 12.8 Å². The molecule has 0 radical (unpaired) electrons. The van der Waals surface area contributed by atoms with Crippen LogP contribution < -0.4 is 10.6 Å². The zero-order chi connectivity index (χ0) is 13.0. The topological polar surface area (TPSA) is 96.9 Å². The second kappa shape index (κ2) is 5.63. The lowest BCUT2D eigenvalue weighted by Gasteiger charge is -2.22. The van der Waals surface area contributed by atoms with E-state index in [2.05, 4.69) is 20.0 Å². The van der Waals surface area contributed by atoms with E-state index >= 15 is 0 Å². The van der Waals surface area contributed by atoms with E-state index in [9.17, 15) is 0 Å². The number of hydrogen-bond acceptors (Lipinski definition) is 6. The van der Waals surface area contributed by atoms with E-state index < -0.39 is 0 Å². The summed E-state index contributed by atoms with van der Waals surface area (Å²) in [5, 5.41) is 11.4. The largest absolute Gasteiger partial charge is 0.409 e. The Kier molecular flexibility index (Phi) is 3.93. The van der Waals surface area contributed by atoms with Crippen LogP contribution in [0, 0.1) is 0 Å². The van der Waals surface area contributed by atoms with Crippen LogP contribution in [0.2, 0.25) is 0 Å². The van der Waals surface area contributed by atoms with Crippen molar-refractivity contribution in [3.63, 3.8) is 0 Å². The van der Waals surface area contributed by atoms with Crippen molar-refractivity contribution < 1.29 is 9.94 Å². The minimum absolute atomic E-state index is 0.0380. The number of rotatable bonds is 6. The van der Waals surface area contributed by atoms with Crippen molar-refractivity contribution >= 4 is 11.7 Å². The molecule has 1 fully saturated rings. The van der Waals surface area contributed by atoms with Crippen LogP contribution in [0.4, 0.5) is 5.82 Å². The number of anilines is 1. The van der Waals surface area contributed by atoms with Gasteiger partial charge in [0.15, 0.2) is 5.84 Å². The Morgan fingerprint density at radius 3 is 2.83 bits per heavy atom. The van der Waals surface area contributed by atoms with Gasteiger partial charge in [-0.15, -0.1) is 0 Å². The highest BCUT2D eigenvalue weighted by Crippen LogP contribution is 2.29. The van der Waals surface area contributed by atoms with Gasteiger partial charge in [0.2, 0.25) is 0 Å². The summed E-state index contributed by atoms with van der Waals surface area (Å²) in [5.41, 5.74) is 5.80. The Hall–Kier alpha value is -1.89. The lowest BCUT2D eigenvalue weighted by Crippen LogP contribution is -2.30. The van der Waals surface area contributed by atoms with Gasteiger partial charge < -0.3 is 20.6 Å². The van der Waals surface area contributed by atoms with E-state index in [4.69, 9.17) is 15.7 Å². The summed E-state index contributed by atoms with van der Waals surface area (Å²) in [5.74, 6) is 0.757. The number of oxime groups is 1. The zero-order valence-corrected chi connectivity index (χ0v) is 10.3. The maximum atomic E-state index is 8.55. The van der Waals surface area contributed by atoms with Gasteiger partial charge in [0, 0.05) is 19.7 Å². The van der Waals surface area contributed by atoms with Crippen LogP contribution >= 0.6 is 0 Å². The molecule has 0 saturated heterocycles. The molecule has 7 nitrogen and oxygen atoms in total. The highest BCUT2D eigenvalue weighted by atomic mass is 16.5. The number of aromatic nitrogens is 2. The molecule has 3 N–H and O–H groups in total. The normalized spacial score (nSPS) is 15.7. The van der Waals surface area contributed by atoms with Crippen LogP contribution in [0.5, 0.6) is 0 Å². The highest BCUT2D eigenvalue weighted by Gasteiger charge is 2.29. The van der Waals surface area contributed by atoms with E-state index in [-0.39, 0.29) is 5.84 Å². The molecule has 0 amide bonds. The number of nitrogens with two attached hydrogens (primary N) is 1. The molecule has 0 unspecified atom stereocenters. The van der Waals surface area contributed by atoms with Crippen molar-refractivity contribution in [2.45, 2.75) is 18.9 Å². The number of amidine groups is 1. The first-order valence-corrected chi connectivity index (χ1v) is 5.81. The van der Waals surface area contributed by atoms with Crippen LogP contribution in [0.25, 0.3) is 0 Å². The lowest BCUT2D eigenvalue weighted by atomic mass is 10.4. The Labute approximate surface area is 105 Å². The molecule has 1 aliphatic rings. The van der Waals surface area contributed by atoms with Gasteiger partial charge in [-0.1, -0.05) is 5.16 Å². The molecule has 7 heteroatoms. The maximum absolute atomic E-state index is 8.55. The average molecular weight is 251 g/mol. The summed E-state index contributed by atoms with van der Waals surface area (Å²) in [6.07, 6.45) is 5.49. The average Bonchev–Trinajstić information content (AvgIpc) is 3.24. The van der Waals surface area contributed by atoms with E-state index in [1.807, 2.05) is 0 Å². The van der Waals surface area contributed by atoms with Gasteiger partial charge >= 0.3 is 0 Å². The van der Waals surface area contributed by atoms with Gasteiger partial charge in [0.05, 0.1) is 19.0 Å². The SMILES string of the molecule is COCCN(c1cnc(C(N)=NO)cn1)C1CC1. The van der Waals surface area contributed by atoms with Crippen molar-refractivity contribution in [1.82, 2.24) is 9.97 Å². The van der Waals surface area contributed by atoms with E-state index in [1.54, 1.807) is 13.3 Å². The van der Waals surface area contributed by atoms with Crippen LogP contribution in [0.15, 0.2) is 17.5 Å². The molecule has 0 spiro atoms. The van der Waals surface area contributed by atoms with Gasteiger partial charge in [-0.3, -0.25) is 0 Å². The molecule has 1 aromatic heterocycles. The standard InChI is InChI=1S/C11H17N5O2/c1-18-5-4-16(8-2-3-8)10-7-13-9(6-14-10)11(12)15-17/h6-8,17H,2-5H2,1H3,(H2,12,15). The summed E-state index contributed by atoms with van der Waals surface area (Å²) >= 11 is 0. The lowest BCUT2D eigenvalue weighted by molar-refractivity contribution is 0.204. The number of nitrogens with zero attached hydrogens (tertiary/aromatic N) is 4. The summed E-state index contributed by atoms with van der Waals surface area (Å²) in [6.45, 7) is 1.44. The fourth-order valence-corrected chi connectivity index (χ4v) is 1.71. The van der Waals surface area contributed by atoms with Crippen molar-refractivity contribution in [1.29, 1.82) is 0 Å². The third-order valence-corrected chi connectivity index (χ3v) is 2.83. The fraction of sp³-hybridized carbons (Fsp3) is 0.545. The van der Waals surface area contributed by atoms with Crippen molar-refractivity contribution in [3.8, 4) is 0 Å². The van der Waals surface area contributed by atoms with Gasteiger partial charge in [0.1, 0.15) is 11.5 Å². The molecule has 0 atom stereocenters. The second-order valence-corrected chi connectivity index (χ2v) is 4.16. The number of hydrogen-bond donors (Lipinski definition) is 2. The molecule has 1 saturated carbocycles. The first-order valence-electron chi connectivity index (χ1n) is 5.81. The van der Waals surface area contributed by atoms with E-state index in [0.29, 0.717) is 18.3 Å². The van der Waals surface area contributed by atoms with Crippen LogP contribution in [-0.2, 0) is 4.74 Å². The quantitative estimate of drug-likeness (QED) is 0.324. The summed E-state index contributed by atoms with van der Waals surface area (Å²) in [7, 11) is 1.68. The van der Waals surface area contributed by atoms with Crippen LogP contribution in [-0.4, -0.2) is 47.3 Å². The summed E-state index contributed by atoms with van der Waals surface area (Å²) in [6, 6.07) is 0.532. The molecular formula is C11H17N5O2. The minimum Gasteiger partial charge on any atom is -0.409 e. The first kappa shape index (κ1) is 12.6. The molecule has 0 bridgehead atoms. The van der Waals surface area contributed by atoms with Crippen molar-refractivity contribution in [2.75, 3.05) is 25.2 Å². The smallest absolute Gasteiger partial charge is 0.190 e. The van der Waals surface area contributed by atoms with E-state index in [0.717, 1.165) is 12.4 Å². The third kappa shape index (κ3) is 2.86. The number of ether oxygens (including phenoxy) is 1. The molecule has 18 heavy (non-hydrogen) atoms. The maximum Gasteiger partial charge on any atom is 0.190 e. The monoisotopic (exact) mass is 251 g/mol. The molecule has 1 aliphatic carbocycles. The van der Waals surface area contributed by atoms with Gasteiger partial charge in [-0.2, -0.15) is 0 Å². The first-order chi connectivity index (χ1) is 8.76. The predicted octanol–water partition coefficient (Wildman–Crippen LogP) is 0.186. The van der Waals surface area contributed by atoms with Gasteiger partial charge in [0.25, 0.3) is 0 Å². The Bertz CT molecular complexity index is 416. The zero-order valence-electron chi connectivity index (χ0n) is 10.3. The summed E-state index contributed by atoms with van der Waals surface area (Å²) in [4.78, 5) is 10.6. The highest BCUT2D eigenvalue weighted by molar-refractivity contribution is 5.94. The molecule has 0 aliphatic heterocycles. The summed E-state index contributed by atoms with van der Waals surface area (Å²) < 4.78 is 5.09. The minimum atomic E-state index is -0.0380. The molecular weight excluding hydrogens is 234 g/mol. The predicted molar refractivity (Wildman–Crippen MR) is 66.8 cm³/mol. The Morgan fingerprint density at radius 2 is 2.33 bits per heavy atom. The van der Waals surface area contributed by atoms with Crippen LogP contribution in [0.3, 0.4) is 0 Å². The fourth-order valence-electron chi connectivity index (χ4n) is 1.71. The molecule has 0 aromatic carbocycles. The van der Waals surface area contributed by atoms with Crippen molar-refractivity contribution in [3.05, 3.63) is 18.1 Å². The molecule has 2 rings (SSSR count). The van der Waals surface area contributed by atoms with E-state index in [1.165, 1.54) is 19.0 Å².